The molecule has 0 aromatic heterocycles. The van der Waals surface area contributed by atoms with Crippen molar-refractivity contribution in [3.8, 4) is 0 Å². The molecule has 0 aliphatic heterocycles. The van der Waals surface area contributed by atoms with Gasteiger partial charge in [0.1, 0.15) is 5.82 Å². The lowest BCUT2D eigenvalue weighted by Gasteiger charge is -2.18. The molecule has 1 unspecified atom stereocenters. The highest BCUT2D eigenvalue weighted by Crippen LogP contribution is 2.19. The molecule has 6 heteroatoms. The molecule has 1 aromatic rings. The first kappa shape index (κ1) is 14.5. The van der Waals surface area contributed by atoms with Crippen molar-refractivity contribution in [2.45, 2.75) is 26.3 Å². The van der Waals surface area contributed by atoms with Gasteiger partial charge in [-0.3, -0.25) is 4.79 Å². The zero-order chi connectivity index (χ0) is 13.9. The minimum absolute atomic E-state index is 0.0987. The van der Waals surface area contributed by atoms with Crippen molar-refractivity contribution in [3.05, 3.63) is 29.6 Å². The van der Waals surface area contributed by atoms with Crippen LogP contribution in [0.15, 0.2) is 12.1 Å². The minimum atomic E-state index is -1.31. The highest BCUT2D eigenvalue weighted by atomic mass is 19.2. The second-order valence-electron chi connectivity index (χ2n) is 4.15. The quantitative estimate of drug-likeness (QED) is 0.817. The van der Waals surface area contributed by atoms with Crippen molar-refractivity contribution in [1.29, 1.82) is 0 Å². The van der Waals surface area contributed by atoms with Gasteiger partial charge >= 0.3 is 0 Å². The van der Waals surface area contributed by atoms with E-state index in [-0.39, 0.29) is 5.92 Å². The highest BCUT2D eigenvalue weighted by Gasteiger charge is 2.21. The van der Waals surface area contributed by atoms with E-state index in [1.54, 1.807) is 6.92 Å². The standard InChI is InChI=1S/C12H15F3N2O/c1-3-6(2)11(16)12(18)17-10-5-8(14)7(13)4-9(10)15/h4-6,11H,3,16H2,1-2H3,(H,17,18)/t6?,11-/m0/s1. The van der Waals surface area contributed by atoms with Crippen LogP contribution in [-0.2, 0) is 4.79 Å². The van der Waals surface area contributed by atoms with Crippen molar-refractivity contribution >= 4 is 11.6 Å². The highest BCUT2D eigenvalue weighted by molar-refractivity contribution is 5.94. The molecular formula is C12H15F3N2O. The molecule has 0 fully saturated rings. The van der Waals surface area contributed by atoms with Gasteiger partial charge in [0.15, 0.2) is 11.6 Å². The third-order valence-corrected chi connectivity index (χ3v) is 2.83. The van der Waals surface area contributed by atoms with Gasteiger partial charge in [0, 0.05) is 12.1 Å². The number of amides is 1. The molecule has 0 saturated heterocycles. The number of hydrogen-bond acceptors (Lipinski definition) is 2. The Morgan fingerprint density at radius 3 is 2.39 bits per heavy atom. The van der Waals surface area contributed by atoms with E-state index in [0.29, 0.717) is 18.6 Å². The summed E-state index contributed by atoms with van der Waals surface area (Å²) in [5, 5.41) is 2.15. The number of carbonyl (C=O) groups is 1. The van der Waals surface area contributed by atoms with E-state index in [0.717, 1.165) is 0 Å². The normalized spacial score (nSPS) is 14.1. The van der Waals surface area contributed by atoms with Gasteiger partial charge in [-0.15, -0.1) is 0 Å². The van der Waals surface area contributed by atoms with Crippen LogP contribution in [0.3, 0.4) is 0 Å². The van der Waals surface area contributed by atoms with E-state index in [1.807, 2.05) is 6.92 Å². The Kier molecular flexibility index (Phi) is 4.72. The van der Waals surface area contributed by atoms with Crippen LogP contribution >= 0.6 is 0 Å². The third kappa shape index (κ3) is 3.22. The van der Waals surface area contributed by atoms with Crippen LogP contribution < -0.4 is 11.1 Å². The number of halogens is 3. The Labute approximate surface area is 103 Å². The van der Waals surface area contributed by atoms with Crippen molar-refractivity contribution < 1.29 is 18.0 Å². The largest absolute Gasteiger partial charge is 0.322 e. The van der Waals surface area contributed by atoms with E-state index in [9.17, 15) is 18.0 Å². The summed E-state index contributed by atoms with van der Waals surface area (Å²) in [6.07, 6.45) is 0.675. The zero-order valence-corrected chi connectivity index (χ0v) is 10.1. The van der Waals surface area contributed by atoms with E-state index in [2.05, 4.69) is 5.32 Å². The Bertz CT molecular complexity index is 451. The van der Waals surface area contributed by atoms with E-state index < -0.39 is 35.1 Å². The fourth-order valence-corrected chi connectivity index (χ4v) is 1.35. The number of hydrogen-bond donors (Lipinski definition) is 2. The van der Waals surface area contributed by atoms with Crippen LogP contribution in [0.4, 0.5) is 18.9 Å². The first-order valence-corrected chi connectivity index (χ1v) is 5.57. The molecule has 0 aliphatic carbocycles. The van der Waals surface area contributed by atoms with Gasteiger partial charge in [-0.05, 0) is 5.92 Å². The average Bonchev–Trinajstić information content (AvgIpc) is 2.33. The second-order valence-corrected chi connectivity index (χ2v) is 4.15. The first-order valence-electron chi connectivity index (χ1n) is 5.57. The molecule has 1 rings (SSSR count). The fourth-order valence-electron chi connectivity index (χ4n) is 1.35. The molecule has 0 saturated carbocycles. The van der Waals surface area contributed by atoms with Crippen LogP contribution in [0.5, 0.6) is 0 Å². The van der Waals surface area contributed by atoms with Crippen molar-refractivity contribution in [3.63, 3.8) is 0 Å². The molecule has 0 bridgehead atoms. The fraction of sp³-hybridized carbons (Fsp3) is 0.417. The summed E-state index contributed by atoms with van der Waals surface area (Å²) in [5.41, 5.74) is 5.22. The maximum absolute atomic E-state index is 13.3. The van der Waals surface area contributed by atoms with Gasteiger partial charge in [0.05, 0.1) is 11.7 Å². The number of nitrogens with one attached hydrogen (secondary N) is 1. The smallest absolute Gasteiger partial charge is 0.241 e. The van der Waals surface area contributed by atoms with Gasteiger partial charge < -0.3 is 11.1 Å². The van der Waals surface area contributed by atoms with Gasteiger partial charge in [-0.1, -0.05) is 20.3 Å². The van der Waals surface area contributed by atoms with Gasteiger partial charge in [0.25, 0.3) is 0 Å². The minimum Gasteiger partial charge on any atom is -0.322 e. The lowest BCUT2D eigenvalue weighted by molar-refractivity contribution is -0.118. The number of rotatable bonds is 4. The molecule has 0 heterocycles. The Morgan fingerprint density at radius 1 is 1.28 bits per heavy atom. The molecule has 3 N–H and O–H groups in total. The average molecular weight is 260 g/mol. The number of benzene rings is 1. The summed E-state index contributed by atoms with van der Waals surface area (Å²) in [6, 6.07) is 0.133. The van der Waals surface area contributed by atoms with Gasteiger partial charge in [-0.25, -0.2) is 13.2 Å². The van der Waals surface area contributed by atoms with Gasteiger partial charge in [-0.2, -0.15) is 0 Å². The van der Waals surface area contributed by atoms with Crippen LogP contribution in [0.2, 0.25) is 0 Å². The Hall–Kier alpha value is -1.56. The Morgan fingerprint density at radius 2 is 1.83 bits per heavy atom. The van der Waals surface area contributed by atoms with E-state index in [1.165, 1.54) is 0 Å². The van der Waals surface area contributed by atoms with Crippen LogP contribution in [0.25, 0.3) is 0 Å². The molecule has 2 atom stereocenters. The van der Waals surface area contributed by atoms with Crippen molar-refractivity contribution in [1.82, 2.24) is 0 Å². The zero-order valence-electron chi connectivity index (χ0n) is 10.1. The summed E-state index contributed by atoms with van der Waals surface area (Å²) < 4.78 is 38.9. The molecule has 0 spiro atoms. The lowest BCUT2D eigenvalue weighted by Crippen LogP contribution is -2.40. The molecule has 1 amide bonds. The second kappa shape index (κ2) is 5.86. The molecule has 0 aliphatic rings. The predicted octanol–water partition coefficient (Wildman–Crippen LogP) is 2.42. The first-order chi connectivity index (χ1) is 8.36. The van der Waals surface area contributed by atoms with Crippen LogP contribution in [0, 0.1) is 23.4 Å². The van der Waals surface area contributed by atoms with Crippen LogP contribution in [-0.4, -0.2) is 11.9 Å². The molecular weight excluding hydrogens is 245 g/mol. The van der Waals surface area contributed by atoms with Crippen LogP contribution in [0.1, 0.15) is 20.3 Å². The summed E-state index contributed by atoms with van der Waals surface area (Å²) in [4.78, 5) is 11.6. The number of anilines is 1. The predicted molar refractivity (Wildman–Crippen MR) is 62.4 cm³/mol. The van der Waals surface area contributed by atoms with Crippen molar-refractivity contribution in [2.75, 3.05) is 5.32 Å². The summed E-state index contributed by atoms with van der Waals surface area (Å²) in [6.45, 7) is 3.63. The molecule has 0 radical (unpaired) electrons. The van der Waals surface area contributed by atoms with Gasteiger partial charge in [0.2, 0.25) is 5.91 Å². The number of nitrogens with two attached hydrogens (primary N) is 1. The SMILES string of the molecule is CCC(C)[C@H](N)C(=O)Nc1cc(F)c(F)cc1F. The monoisotopic (exact) mass is 260 g/mol. The molecule has 3 nitrogen and oxygen atoms in total. The molecule has 1 aromatic carbocycles. The maximum atomic E-state index is 13.3. The summed E-state index contributed by atoms with van der Waals surface area (Å²) in [7, 11) is 0. The topological polar surface area (TPSA) is 55.1 Å². The van der Waals surface area contributed by atoms with E-state index >= 15 is 0 Å². The summed E-state index contributed by atoms with van der Waals surface area (Å²) in [5.74, 6) is -4.31. The summed E-state index contributed by atoms with van der Waals surface area (Å²) >= 11 is 0. The molecule has 100 valence electrons. The lowest BCUT2D eigenvalue weighted by atomic mass is 9.99. The Balaban J connectivity index is 2.85. The number of carbonyl (C=O) groups excluding carboxylic acids is 1. The third-order valence-electron chi connectivity index (χ3n) is 2.83. The van der Waals surface area contributed by atoms with E-state index in [4.69, 9.17) is 5.73 Å². The molecule has 18 heavy (non-hydrogen) atoms. The maximum Gasteiger partial charge on any atom is 0.241 e. The van der Waals surface area contributed by atoms with Crippen molar-refractivity contribution in [2.24, 2.45) is 11.7 Å².